The quantitative estimate of drug-likeness (QED) is 0.702. The van der Waals surface area contributed by atoms with Crippen molar-refractivity contribution in [1.82, 2.24) is 9.78 Å². The molecule has 1 aliphatic carbocycles. The van der Waals surface area contributed by atoms with E-state index in [0.29, 0.717) is 6.54 Å². The van der Waals surface area contributed by atoms with Crippen LogP contribution in [0.15, 0.2) is 48.5 Å². The second-order valence-electron chi connectivity index (χ2n) is 8.54. The Balaban J connectivity index is 1.39. The molecule has 2 aromatic carbocycles. The first-order valence-corrected chi connectivity index (χ1v) is 10.9. The van der Waals surface area contributed by atoms with Gasteiger partial charge in [-0.1, -0.05) is 24.3 Å². The first-order valence-electron chi connectivity index (χ1n) is 10.9. The lowest BCUT2D eigenvalue weighted by Gasteiger charge is -2.18. The number of hydrogen-bond acceptors (Lipinski definition) is 3. The fourth-order valence-electron chi connectivity index (χ4n) is 4.52. The van der Waals surface area contributed by atoms with Crippen molar-refractivity contribution in [3.05, 3.63) is 70.9 Å². The predicted octanol–water partition coefficient (Wildman–Crippen LogP) is 3.97. The van der Waals surface area contributed by atoms with Gasteiger partial charge in [-0.05, 0) is 68.5 Å². The van der Waals surface area contributed by atoms with Crippen LogP contribution in [0.2, 0.25) is 0 Å². The van der Waals surface area contributed by atoms with Gasteiger partial charge in [0.05, 0.1) is 17.3 Å². The maximum atomic E-state index is 13.2. The van der Waals surface area contributed by atoms with Crippen LogP contribution in [-0.4, -0.2) is 28.1 Å². The Bertz CT molecular complexity index is 1170. The van der Waals surface area contributed by atoms with Gasteiger partial charge in [-0.25, -0.2) is 4.68 Å². The highest BCUT2D eigenvalue weighted by atomic mass is 16.2. The van der Waals surface area contributed by atoms with Crippen LogP contribution in [0.1, 0.15) is 35.2 Å². The van der Waals surface area contributed by atoms with Gasteiger partial charge in [0.1, 0.15) is 5.82 Å². The van der Waals surface area contributed by atoms with E-state index >= 15 is 0 Å². The lowest BCUT2D eigenvalue weighted by molar-refractivity contribution is -0.122. The minimum Gasteiger partial charge on any atom is -0.312 e. The van der Waals surface area contributed by atoms with Gasteiger partial charge in [-0.3, -0.25) is 9.59 Å². The summed E-state index contributed by atoms with van der Waals surface area (Å²) in [6.07, 6.45) is 3.12. The molecule has 2 heterocycles. The van der Waals surface area contributed by atoms with E-state index in [1.54, 1.807) is 4.90 Å². The van der Waals surface area contributed by atoms with Crippen molar-refractivity contribution in [2.24, 2.45) is 5.92 Å². The zero-order chi connectivity index (χ0) is 21.5. The fourth-order valence-corrected chi connectivity index (χ4v) is 4.52. The van der Waals surface area contributed by atoms with Crippen LogP contribution >= 0.6 is 0 Å². The second kappa shape index (κ2) is 7.69. The van der Waals surface area contributed by atoms with E-state index in [1.165, 1.54) is 5.56 Å². The molecule has 0 saturated carbocycles. The molecule has 5 rings (SSSR count). The zero-order valence-corrected chi connectivity index (χ0v) is 17.9. The van der Waals surface area contributed by atoms with Crippen molar-refractivity contribution < 1.29 is 9.59 Å². The number of amides is 2. The smallest absolute Gasteiger partial charge is 0.230 e. The van der Waals surface area contributed by atoms with Crippen molar-refractivity contribution in [3.63, 3.8) is 0 Å². The van der Waals surface area contributed by atoms with Crippen molar-refractivity contribution in [1.29, 1.82) is 0 Å². The van der Waals surface area contributed by atoms with Crippen LogP contribution in [0, 0.1) is 19.8 Å². The molecule has 6 heteroatoms. The lowest BCUT2D eigenvalue weighted by atomic mass is 10.1. The Morgan fingerprint density at radius 3 is 2.61 bits per heavy atom. The number of benzene rings is 2. The van der Waals surface area contributed by atoms with Gasteiger partial charge in [0.2, 0.25) is 11.8 Å². The molecule has 31 heavy (non-hydrogen) atoms. The van der Waals surface area contributed by atoms with Crippen LogP contribution < -0.4 is 10.2 Å². The molecule has 1 atom stereocenters. The summed E-state index contributed by atoms with van der Waals surface area (Å²) in [7, 11) is 0. The summed E-state index contributed by atoms with van der Waals surface area (Å²) in [6, 6.07) is 15.9. The molecular weight excluding hydrogens is 388 g/mol. The molecule has 2 amide bonds. The summed E-state index contributed by atoms with van der Waals surface area (Å²) in [5.41, 5.74) is 6.28. The topological polar surface area (TPSA) is 67.2 Å². The minimum absolute atomic E-state index is 0.00908. The molecule has 6 nitrogen and oxygen atoms in total. The van der Waals surface area contributed by atoms with Crippen LogP contribution in [0.3, 0.4) is 0 Å². The maximum absolute atomic E-state index is 13.2. The number of aryl methyl sites for hydroxylation is 3. The summed E-state index contributed by atoms with van der Waals surface area (Å²) in [4.78, 5) is 27.6. The van der Waals surface area contributed by atoms with Crippen LogP contribution in [0.5, 0.6) is 0 Å². The average Bonchev–Trinajstić information content (AvgIpc) is 3.46. The van der Waals surface area contributed by atoms with Crippen molar-refractivity contribution >= 4 is 23.3 Å². The molecule has 3 aromatic rings. The third-order valence-electron chi connectivity index (χ3n) is 6.45. The van der Waals surface area contributed by atoms with E-state index in [2.05, 4.69) is 12.2 Å². The molecule has 1 N–H and O–H groups in total. The number of aromatic nitrogens is 2. The summed E-state index contributed by atoms with van der Waals surface area (Å²) >= 11 is 0. The number of rotatable bonds is 4. The molecule has 1 aliphatic heterocycles. The number of anilines is 2. The van der Waals surface area contributed by atoms with Crippen LogP contribution in [0.25, 0.3) is 5.69 Å². The number of nitrogens with one attached hydrogen (secondary N) is 1. The lowest BCUT2D eigenvalue weighted by Crippen LogP contribution is -2.29. The summed E-state index contributed by atoms with van der Waals surface area (Å²) < 4.78 is 1.83. The summed E-state index contributed by atoms with van der Waals surface area (Å²) in [5.74, 6) is 0.239. The highest BCUT2D eigenvalue weighted by Gasteiger charge is 2.36. The van der Waals surface area contributed by atoms with E-state index in [9.17, 15) is 9.59 Å². The largest absolute Gasteiger partial charge is 0.312 e. The first kappa shape index (κ1) is 19.5. The molecule has 1 fully saturated rings. The normalized spacial score (nSPS) is 17.8. The Morgan fingerprint density at radius 1 is 1.03 bits per heavy atom. The monoisotopic (exact) mass is 414 g/mol. The number of fused-ring (bicyclic) bond motifs is 1. The van der Waals surface area contributed by atoms with Gasteiger partial charge >= 0.3 is 0 Å². The molecule has 0 spiro atoms. The zero-order valence-electron chi connectivity index (χ0n) is 17.9. The van der Waals surface area contributed by atoms with E-state index in [1.807, 2.05) is 60.1 Å². The first-order chi connectivity index (χ1) is 15.0. The SMILES string of the molecule is Cc1ccc(N2CC(C(=O)Nc3c4c(nn3-c3ccccc3)CCC4)CC2=O)cc1C. The molecule has 1 saturated heterocycles. The van der Waals surface area contributed by atoms with Gasteiger partial charge in [0, 0.05) is 24.2 Å². The average molecular weight is 415 g/mol. The fraction of sp³-hybridized carbons (Fsp3) is 0.320. The van der Waals surface area contributed by atoms with Crippen LogP contribution in [0.4, 0.5) is 11.5 Å². The molecule has 0 radical (unpaired) electrons. The molecular formula is C25H26N4O2. The van der Waals surface area contributed by atoms with Gasteiger partial charge in [-0.2, -0.15) is 5.10 Å². The Kier molecular flexibility index (Phi) is 4.85. The van der Waals surface area contributed by atoms with Gasteiger partial charge in [0.25, 0.3) is 0 Å². The van der Waals surface area contributed by atoms with Crippen molar-refractivity contribution in [3.8, 4) is 5.69 Å². The van der Waals surface area contributed by atoms with E-state index < -0.39 is 0 Å². The predicted molar refractivity (Wildman–Crippen MR) is 121 cm³/mol. The van der Waals surface area contributed by atoms with Gasteiger partial charge < -0.3 is 10.2 Å². The molecule has 0 bridgehead atoms. The molecule has 2 aliphatic rings. The Morgan fingerprint density at radius 2 is 1.84 bits per heavy atom. The number of hydrogen-bond donors (Lipinski definition) is 1. The standard InChI is InChI=1S/C25H26N4O2/c1-16-11-12-20(13-17(16)2)28-15-18(14-23(28)30)25(31)26-24-21-9-6-10-22(21)27-29(24)19-7-4-3-5-8-19/h3-5,7-8,11-13,18H,6,9-10,14-15H2,1-2H3,(H,26,31). The van der Waals surface area contributed by atoms with E-state index in [0.717, 1.165) is 53.3 Å². The number of nitrogens with zero attached hydrogens (tertiary/aromatic N) is 3. The van der Waals surface area contributed by atoms with Crippen molar-refractivity contribution in [2.75, 3.05) is 16.8 Å². The molecule has 1 aromatic heterocycles. The molecule has 1 unspecified atom stereocenters. The maximum Gasteiger partial charge on any atom is 0.230 e. The van der Waals surface area contributed by atoms with Crippen molar-refractivity contribution in [2.45, 2.75) is 39.5 Å². The Labute approximate surface area is 181 Å². The summed E-state index contributed by atoms with van der Waals surface area (Å²) in [5, 5.41) is 7.89. The third-order valence-corrected chi connectivity index (χ3v) is 6.45. The van der Waals surface area contributed by atoms with Crippen LogP contribution in [-0.2, 0) is 22.4 Å². The third kappa shape index (κ3) is 3.52. The molecule has 158 valence electrons. The number of para-hydroxylation sites is 1. The van der Waals surface area contributed by atoms with Gasteiger partial charge in [0.15, 0.2) is 0 Å². The number of carbonyl (C=O) groups excluding carboxylic acids is 2. The highest BCUT2D eigenvalue weighted by Crippen LogP contribution is 2.32. The van der Waals surface area contributed by atoms with E-state index in [-0.39, 0.29) is 24.2 Å². The van der Waals surface area contributed by atoms with E-state index in [4.69, 9.17) is 5.10 Å². The minimum atomic E-state index is -0.384. The number of carbonyl (C=O) groups is 2. The highest BCUT2D eigenvalue weighted by molar-refractivity contribution is 6.03. The summed E-state index contributed by atoms with van der Waals surface area (Å²) in [6.45, 7) is 4.49. The Hall–Kier alpha value is -3.41. The second-order valence-corrected chi connectivity index (χ2v) is 8.54. The van der Waals surface area contributed by atoms with Gasteiger partial charge in [-0.15, -0.1) is 0 Å².